The maximum Gasteiger partial charge on any atom is 0.227 e. The Labute approximate surface area is 126 Å². The molecule has 1 aliphatic heterocycles. The van der Waals surface area contributed by atoms with Gasteiger partial charge >= 0.3 is 0 Å². The molecule has 1 fully saturated rings. The van der Waals surface area contributed by atoms with Gasteiger partial charge in [0.25, 0.3) is 0 Å². The molecule has 1 aromatic carbocycles. The van der Waals surface area contributed by atoms with Gasteiger partial charge in [0.1, 0.15) is 0 Å². The van der Waals surface area contributed by atoms with E-state index in [1.165, 1.54) is 5.56 Å². The molecule has 5 heteroatoms. The SMILES string of the molecule is CC(C)c1ccccc1NC(=O)CC1CNCCO1.Cl. The van der Waals surface area contributed by atoms with Crippen LogP contribution in [0.25, 0.3) is 0 Å². The number of rotatable bonds is 4. The summed E-state index contributed by atoms with van der Waals surface area (Å²) in [6.45, 7) is 6.55. The highest BCUT2D eigenvalue weighted by molar-refractivity contribution is 5.91. The molecule has 0 saturated carbocycles. The number of carbonyl (C=O) groups excluding carboxylic acids is 1. The highest BCUT2D eigenvalue weighted by atomic mass is 35.5. The van der Waals surface area contributed by atoms with Crippen molar-refractivity contribution < 1.29 is 9.53 Å². The van der Waals surface area contributed by atoms with Gasteiger partial charge in [0.15, 0.2) is 0 Å². The summed E-state index contributed by atoms with van der Waals surface area (Å²) in [5, 5.41) is 6.22. The number of halogens is 1. The largest absolute Gasteiger partial charge is 0.375 e. The average Bonchev–Trinajstić information content (AvgIpc) is 2.40. The lowest BCUT2D eigenvalue weighted by atomic mass is 10.0. The quantitative estimate of drug-likeness (QED) is 0.898. The summed E-state index contributed by atoms with van der Waals surface area (Å²) < 4.78 is 5.54. The Hall–Kier alpha value is -1.10. The van der Waals surface area contributed by atoms with Gasteiger partial charge in [-0.25, -0.2) is 0 Å². The summed E-state index contributed by atoms with van der Waals surface area (Å²) in [6.07, 6.45) is 0.388. The second-order valence-corrected chi connectivity index (χ2v) is 5.19. The standard InChI is InChI=1S/C15H22N2O2.ClH/c1-11(2)13-5-3-4-6-14(13)17-15(18)9-12-10-16-7-8-19-12;/h3-6,11-12,16H,7-10H2,1-2H3,(H,17,18);1H. The first-order valence-corrected chi connectivity index (χ1v) is 6.88. The molecule has 20 heavy (non-hydrogen) atoms. The minimum absolute atomic E-state index is 0. The van der Waals surface area contributed by atoms with Gasteiger partial charge in [-0.15, -0.1) is 12.4 Å². The predicted octanol–water partition coefficient (Wildman–Crippen LogP) is 2.55. The molecule has 1 heterocycles. The fourth-order valence-electron chi connectivity index (χ4n) is 2.27. The Bertz CT molecular complexity index is 432. The average molecular weight is 299 g/mol. The Morgan fingerprint density at radius 2 is 2.20 bits per heavy atom. The number of nitrogens with one attached hydrogen (secondary N) is 2. The lowest BCUT2D eigenvalue weighted by Gasteiger charge is -2.23. The van der Waals surface area contributed by atoms with Crippen molar-refractivity contribution in [3.63, 3.8) is 0 Å². The van der Waals surface area contributed by atoms with Crippen LogP contribution in [0.4, 0.5) is 5.69 Å². The first kappa shape index (κ1) is 17.0. The molecule has 1 aliphatic rings. The van der Waals surface area contributed by atoms with E-state index in [4.69, 9.17) is 4.74 Å². The van der Waals surface area contributed by atoms with E-state index in [9.17, 15) is 4.79 Å². The van der Waals surface area contributed by atoms with E-state index in [1.54, 1.807) is 0 Å². The maximum atomic E-state index is 12.0. The van der Waals surface area contributed by atoms with Gasteiger partial charge in [0.05, 0.1) is 19.1 Å². The van der Waals surface area contributed by atoms with Crippen molar-refractivity contribution in [3.05, 3.63) is 29.8 Å². The maximum absolute atomic E-state index is 12.0. The van der Waals surface area contributed by atoms with Crippen LogP contribution >= 0.6 is 12.4 Å². The normalized spacial score (nSPS) is 18.4. The van der Waals surface area contributed by atoms with Gasteiger partial charge in [-0.2, -0.15) is 0 Å². The third kappa shape index (κ3) is 4.78. The van der Waals surface area contributed by atoms with Crippen molar-refractivity contribution in [1.82, 2.24) is 5.32 Å². The van der Waals surface area contributed by atoms with Gasteiger partial charge in [0.2, 0.25) is 5.91 Å². The molecule has 1 saturated heterocycles. The second kappa shape index (κ2) is 8.25. The zero-order chi connectivity index (χ0) is 13.7. The molecular formula is C15H23ClN2O2. The highest BCUT2D eigenvalue weighted by Gasteiger charge is 2.18. The highest BCUT2D eigenvalue weighted by Crippen LogP contribution is 2.23. The number of anilines is 1. The van der Waals surface area contributed by atoms with Crippen LogP contribution in [0.2, 0.25) is 0 Å². The summed E-state index contributed by atoms with van der Waals surface area (Å²) >= 11 is 0. The Morgan fingerprint density at radius 1 is 1.45 bits per heavy atom. The number of ether oxygens (including phenoxy) is 1. The molecule has 1 unspecified atom stereocenters. The molecule has 1 amide bonds. The van der Waals surface area contributed by atoms with Crippen molar-refractivity contribution in [1.29, 1.82) is 0 Å². The van der Waals surface area contributed by atoms with Crippen LogP contribution < -0.4 is 10.6 Å². The van der Waals surface area contributed by atoms with Crippen LogP contribution in [0.1, 0.15) is 31.7 Å². The number of amides is 1. The summed E-state index contributed by atoms with van der Waals surface area (Å²) in [6, 6.07) is 7.95. The monoisotopic (exact) mass is 298 g/mol. The molecular weight excluding hydrogens is 276 g/mol. The van der Waals surface area contributed by atoms with E-state index in [2.05, 4.69) is 30.5 Å². The zero-order valence-electron chi connectivity index (χ0n) is 12.0. The molecule has 0 radical (unpaired) electrons. The molecule has 1 atom stereocenters. The molecule has 0 bridgehead atoms. The lowest BCUT2D eigenvalue weighted by Crippen LogP contribution is -2.40. The molecule has 0 aliphatic carbocycles. The summed E-state index contributed by atoms with van der Waals surface area (Å²) in [5.41, 5.74) is 2.07. The fraction of sp³-hybridized carbons (Fsp3) is 0.533. The third-order valence-corrected chi connectivity index (χ3v) is 3.27. The van der Waals surface area contributed by atoms with Crippen LogP contribution in [0, 0.1) is 0 Å². The van der Waals surface area contributed by atoms with Crippen molar-refractivity contribution in [2.45, 2.75) is 32.3 Å². The summed E-state index contributed by atoms with van der Waals surface area (Å²) in [7, 11) is 0. The Kier molecular flexibility index (Phi) is 6.99. The van der Waals surface area contributed by atoms with E-state index in [-0.39, 0.29) is 24.4 Å². The van der Waals surface area contributed by atoms with Crippen LogP contribution in [0.3, 0.4) is 0 Å². The topological polar surface area (TPSA) is 50.4 Å². The van der Waals surface area contributed by atoms with E-state index in [0.29, 0.717) is 18.9 Å². The van der Waals surface area contributed by atoms with E-state index in [0.717, 1.165) is 18.8 Å². The van der Waals surface area contributed by atoms with Gasteiger partial charge in [-0.3, -0.25) is 4.79 Å². The number of para-hydroxylation sites is 1. The number of hydrogen-bond donors (Lipinski definition) is 2. The van der Waals surface area contributed by atoms with Crippen LogP contribution in [-0.4, -0.2) is 31.7 Å². The van der Waals surface area contributed by atoms with Crippen LogP contribution in [-0.2, 0) is 9.53 Å². The third-order valence-electron chi connectivity index (χ3n) is 3.27. The van der Waals surface area contributed by atoms with Gasteiger partial charge in [-0.05, 0) is 17.5 Å². The van der Waals surface area contributed by atoms with Gasteiger partial charge in [0, 0.05) is 18.8 Å². The van der Waals surface area contributed by atoms with Gasteiger partial charge < -0.3 is 15.4 Å². The predicted molar refractivity (Wildman–Crippen MR) is 83.6 cm³/mol. The number of carbonyl (C=O) groups is 1. The fourth-order valence-corrected chi connectivity index (χ4v) is 2.27. The molecule has 1 aromatic rings. The number of morpholine rings is 1. The first-order valence-electron chi connectivity index (χ1n) is 6.88. The number of benzene rings is 1. The lowest BCUT2D eigenvalue weighted by molar-refractivity contribution is -0.119. The summed E-state index contributed by atoms with van der Waals surface area (Å²) in [5.74, 6) is 0.408. The first-order chi connectivity index (χ1) is 9.16. The second-order valence-electron chi connectivity index (χ2n) is 5.19. The van der Waals surface area contributed by atoms with E-state index >= 15 is 0 Å². The van der Waals surface area contributed by atoms with Crippen molar-refractivity contribution in [2.24, 2.45) is 0 Å². The minimum Gasteiger partial charge on any atom is -0.375 e. The smallest absolute Gasteiger partial charge is 0.227 e. The van der Waals surface area contributed by atoms with E-state index in [1.807, 2.05) is 18.2 Å². The van der Waals surface area contributed by atoms with Crippen molar-refractivity contribution in [3.8, 4) is 0 Å². The molecule has 0 spiro atoms. The molecule has 0 aromatic heterocycles. The van der Waals surface area contributed by atoms with Crippen molar-refractivity contribution >= 4 is 24.0 Å². The van der Waals surface area contributed by atoms with Gasteiger partial charge in [-0.1, -0.05) is 32.0 Å². The number of hydrogen-bond acceptors (Lipinski definition) is 3. The van der Waals surface area contributed by atoms with E-state index < -0.39 is 0 Å². The van der Waals surface area contributed by atoms with Crippen molar-refractivity contribution in [2.75, 3.05) is 25.0 Å². The van der Waals surface area contributed by atoms with Crippen LogP contribution in [0.15, 0.2) is 24.3 Å². The summed E-state index contributed by atoms with van der Waals surface area (Å²) in [4.78, 5) is 12.0. The molecule has 2 N–H and O–H groups in total. The zero-order valence-corrected chi connectivity index (χ0v) is 12.8. The molecule has 4 nitrogen and oxygen atoms in total. The Morgan fingerprint density at radius 3 is 2.85 bits per heavy atom. The molecule has 112 valence electrons. The minimum atomic E-state index is -0.0139. The molecule has 2 rings (SSSR count). The van der Waals surface area contributed by atoms with Crippen LogP contribution in [0.5, 0.6) is 0 Å². The Balaban J connectivity index is 0.00000200.